The first-order valence-electron chi connectivity index (χ1n) is 15.8. The maximum absolute atomic E-state index is 12.8. The van der Waals surface area contributed by atoms with Crippen molar-refractivity contribution >= 4 is 45.4 Å². The van der Waals surface area contributed by atoms with Crippen molar-refractivity contribution in [1.29, 1.82) is 0 Å². The number of aromatic nitrogens is 3. The minimum atomic E-state index is -0.125. The van der Waals surface area contributed by atoms with Gasteiger partial charge in [-0.05, 0) is 45.7 Å². The lowest BCUT2D eigenvalue weighted by Gasteiger charge is -2.35. The van der Waals surface area contributed by atoms with Crippen LogP contribution in [-0.2, 0) is 27.3 Å². The van der Waals surface area contributed by atoms with Crippen LogP contribution in [0.3, 0.4) is 0 Å². The zero-order chi connectivity index (χ0) is 30.8. The molecule has 1 saturated heterocycles. The van der Waals surface area contributed by atoms with Crippen LogP contribution in [0.15, 0.2) is 24.3 Å². The summed E-state index contributed by atoms with van der Waals surface area (Å²) in [6, 6.07) is 7.96. The van der Waals surface area contributed by atoms with Crippen LogP contribution >= 0.6 is 0 Å². The molecule has 0 aliphatic carbocycles. The molecular weight excluding hydrogens is 544 g/mol. The fraction of sp³-hybridized carbons (Fsp3) is 0.594. The van der Waals surface area contributed by atoms with Gasteiger partial charge in [-0.1, -0.05) is 31.5 Å². The lowest BCUT2D eigenvalue weighted by molar-refractivity contribution is -0.135. The molecule has 4 N–H and O–H groups in total. The van der Waals surface area contributed by atoms with Gasteiger partial charge in [0.15, 0.2) is 5.82 Å². The molecule has 11 heteroatoms. The summed E-state index contributed by atoms with van der Waals surface area (Å²) in [7, 11) is 1.79. The van der Waals surface area contributed by atoms with Crippen molar-refractivity contribution in [2.75, 3.05) is 52.0 Å². The topological polar surface area (TPSA) is 138 Å². The first-order chi connectivity index (χ1) is 20.8. The third-order valence-electron chi connectivity index (χ3n) is 8.45. The fourth-order valence-corrected chi connectivity index (χ4v) is 5.85. The Hall–Kier alpha value is -3.57. The number of unbranched alkanes of at least 4 members (excludes halogenated alkanes) is 2. The van der Waals surface area contributed by atoms with Crippen LogP contribution in [0.4, 0.5) is 5.82 Å². The van der Waals surface area contributed by atoms with E-state index in [1.54, 1.807) is 14.0 Å². The van der Waals surface area contributed by atoms with Crippen molar-refractivity contribution in [2.45, 2.75) is 77.8 Å². The smallest absolute Gasteiger partial charge is 0.223 e. The summed E-state index contributed by atoms with van der Waals surface area (Å²) in [4.78, 5) is 50.3. The van der Waals surface area contributed by atoms with E-state index >= 15 is 0 Å². The van der Waals surface area contributed by atoms with Gasteiger partial charge in [-0.25, -0.2) is 9.97 Å². The number of Topliss-reactive ketones (excluding diaryl/α,β-unsaturated/α-hetero) is 1. The Morgan fingerprint density at radius 3 is 2.49 bits per heavy atom. The number of nitrogens with one attached hydrogen (secondary N) is 2. The third-order valence-corrected chi connectivity index (χ3v) is 8.45. The number of ketones is 1. The van der Waals surface area contributed by atoms with Gasteiger partial charge in [-0.2, -0.15) is 0 Å². The monoisotopic (exact) mass is 592 g/mol. The van der Waals surface area contributed by atoms with Crippen molar-refractivity contribution < 1.29 is 14.4 Å². The second-order valence-electron chi connectivity index (χ2n) is 11.5. The van der Waals surface area contributed by atoms with E-state index in [0.717, 1.165) is 92.5 Å². The molecule has 1 unspecified atom stereocenters. The minimum Gasteiger partial charge on any atom is -0.382 e. The second kappa shape index (κ2) is 15.8. The summed E-state index contributed by atoms with van der Waals surface area (Å²) in [5.41, 5.74) is 9.06. The number of aryl methyl sites for hydroxylation is 1. The van der Waals surface area contributed by atoms with Gasteiger partial charge in [-0.3, -0.25) is 19.3 Å². The van der Waals surface area contributed by atoms with Crippen molar-refractivity contribution in [3.8, 4) is 0 Å². The van der Waals surface area contributed by atoms with E-state index in [1.165, 1.54) is 0 Å². The molecule has 3 heterocycles. The average Bonchev–Trinajstić information content (AvgIpc) is 3.38. The number of hydrogen-bond acceptors (Lipinski definition) is 8. The maximum atomic E-state index is 12.8. The van der Waals surface area contributed by atoms with Crippen molar-refractivity contribution in [2.24, 2.45) is 0 Å². The number of pyridine rings is 1. The van der Waals surface area contributed by atoms with Crippen LogP contribution in [0.25, 0.3) is 21.9 Å². The number of carbonyl (C=O) groups is 3. The molecule has 1 aliphatic heterocycles. The van der Waals surface area contributed by atoms with Gasteiger partial charge in [0.05, 0.1) is 17.1 Å². The van der Waals surface area contributed by atoms with Gasteiger partial charge in [-0.15, -0.1) is 0 Å². The molecule has 0 bridgehead atoms. The van der Waals surface area contributed by atoms with Gasteiger partial charge >= 0.3 is 0 Å². The molecule has 1 atom stereocenters. The van der Waals surface area contributed by atoms with Gasteiger partial charge < -0.3 is 25.8 Å². The van der Waals surface area contributed by atoms with E-state index < -0.39 is 0 Å². The number of piperazine rings is 1. The summed E-state index contributed by atoms with van der Waals surface area (Å²) in [5, 5.41) is 6.98. The van der Waals surface area contributed by atoms with Gasteiger partial charge in [0.2, 0.25) is 11.8 Å². The quantitative estimate of drug-likeness (QED) is 0.216. The van der Waals surface area contributed by atoms with Gasteiger partial charge in [0.25, 0.3) is 0 Å². The number of benzene rings is 1. The number of hydrogen-bond donors (Lipinski definition) is 3. The minimum absolute atomic E-state index is 0.0324. The number of nitrogens with zero attached hydrogens (tertiary/aromatic N) is 5. The number of likely N-dealkylation sites (N-methyl/N-ethyl adjacent to an activating group) is 1. The first-order valence-corrected chi connectivity index (χ1v) is 15.8. The molecule has 1 aromatic carbocycles. The highest BCUT2D eigenvalue weighted by molar-refractivity contribution is 6.06. The second-order valence-corrected chi connectivity index (χ2v) is 11.5. The molecule has 2 amide bonds. The van der Waals surface area contributed by atoms with E-state index in [9.17, 15) is 14.4 Å². The first kappa shape index (κ1) is 32.3. The third kappa shape index (κ3) is 8.51. The van der Waals surface area contributed by atoms with Crippen LogP contribution < -0.4 is 16.4 Å². The number of anilines is 1. The number of imidazole rings is 1. The maximum Gasteiger partial charge on any atom is 0.223 e. The highest BCUT2D eigenvalue weighted by Gasteiger charge is 2.23. The molecule has 0 saturated carbocycles. The van der Waals surface area contributed by atoms with Crippen LogP contribution in [-0.4, -0.2) is 94.3 Å². The number of nitrogen functional groups attached to an aromatic ring is 1. The van der Waals surface area contributed by atoms with Crippen molar-refractivity contribution in [3.05, 3.63) is 30.1 Å². The van der Waals surface area contributed by atoms with E-state index in [4.69, 9.17) is 10.7 Å². The summed E-state index contributed by atoms with van der Waals surface area (Å²) in [5.74, 6) is 1.58. The highest BCUT2D eigenvalue weighted by atomic mass is 16.2. The Morgan fingerprint density at radius 1 is 1.00 bits per heavy atom. The lowest BCUT2D eigenvalue weighted by Crippen LogP contribution is -2.49. The Morgan fingerprint density at radius 2 is 1.77 bits per heavy atom. The van der Waals surface area contributed by atoms with Crippen LogP contribution in [0.1, 0.15) is 64.6 Å². The number of fused-ring (bicyclic) bond motifs is 3. The predicted molar refractivity (Wildman–Crippen MR) is 171 cm³/mol. The number of rotatable bonds is 16. The average molecular weight is 593 g/mol. The van der Waals surface area contributed by atoms with Crippen molar-refractivity contribution in [3.63, 3.8) is 0 Å². The molecular formula is C32H48N8O3. The number of amides is 2. The Bertz CT molecular complexity index is 1400. The standard InChI is InChI=1S/C32H48N8O3/c1-4-5-13-27-37-30-31(24-10-6-7-12-26(24)36-32(30)33)40(27)22-19-38-17-20-39(21-18-38)29(43)15-14-28(42)35-16-9-8-11-25(34-3)23(2)41/h6-7,10,12,25,34H,4-5,8-9,11,13-22H2,1-3H3,(H2,33,36)(H,35,42). The van der Waals surface area contributed by atoms with E-state index in [1.807, 2.05) is 23.1 Å². The summed E-state index contributed by atoms with van der Waals surface area (Å²) in [6.07, 6.45) is 5.89. The molecule has 0 spiro atoms. The van der Waals surface area contributed by atoms with E-state index in [-0.39, 0.29) is 36.5 Å². The lowest BCUT2D eigenvalue weighted by atomic mass is 10.1. The molecule has 4 rings (SSSR count). The molecule has 1 fully saturated rings. The van der Waals surface area contributed by atoms with Crippen molar-refractivity contribution in [1.82, 2.24) is 35.0 Å². The number of carbonyl (C=O) groups excluding carboxylic acids is 3. The van der Waals surface area contributed by atoms with Crippen LogP contribution in [0.5, 0.6) is 0 Å². The molecule has 2 aromatic heterocycles. The van der Waals surface area contributed by atoms with E-state index in [2.05, 4.69) is 38.1 Å². The molecule has 3 aromatic rings. The largest absolute Gasteiger partial charge is 0.382 e. The summed E-state index contributed by atoms with van der Waals surface area (Å²) in [6.45, 7) is 8.90. The van der Waals surface area contributed by atoms with E-state index in [0.29, 0.717) is 25.5 Å². The molecule has 43 heavy (non-hydrogen) atoms. The molecule has 0 radical (unpaired) electrons. The van der Waals surface area contributed by atoms with Gasteiger partial charge in [0.1, 0.15) is 17.1 Å². The summed E-state index contributed by atoms with van der Waals surface area (Å²) >= 11 is 0. The Balaban J connectivity index is 1.24. The molecule has 11 nitrogen and oxygen atoms in total. The SMILES string of the molecule is CCCCc1nc2c(N)nc3ccccc3c2n1CCN1CCN(C(=O)CCC(=O)NCCCCC(NC)C(C)=O)CC1. The number of nitrogens with two attached hydrogens (primary N) is 1. The zero-order valence-corrected chi connectivity index (χ0v) is 26.0. The Kier molecular flexibility index (Phi) is 11.9. The molecule has 1 aliphatic rings. The normalized spacial score (nSPS) is 14.8. The zero-order valence-electron chi connectivity index (χ0n) is 26.0. The van der Waals surface area contributed by atoms with Crippen LogP contribution in [0.2, 0.25) is 0 Å². The Labute approximate surface area is 254 Å². The predicted octanol–water partition coefficient (Wildman–Crippen LogP) is 2.90. The molecule has 234 valence electrons. The fourth-order valence-electron chi connectivity index (χ4n) is 5.85. The van der Waals surface area contributed by atoms with Crippen LogP contribution in [0, 0.1) is 0 Å². The highest BCUT2D eigenvalue weighted by Crippen LogP contribution is 2.29. The van der Waals surface area contributed by atoms with Gasteiger partial charge in [0, 0.05) is 70.5 Å². The summed E-state index contributed by atoms with van der Waals surface area (Å²) < 4.78 is 2.32. The number of para-hydroxylation sites is 1.